The van der Waals surface area contributed by atoms with Crippen LogP contribution >= 0.6 is 0 Å². The average Bonchev–Trinajstić information content (AvgIpc) is 3.30. The molecule has 2 aromatic rings. The zero-order valence-electron chi connectivity index (χ0n) is 15.6. The van der Waals surface area contributed by atoms with Crippen LogP contribution < -0.4 is 0 Å². The number of ether oxygens (including phenoxy) is 1. The van der Waals surface area contributed by atoms with Crippen molar-refractivity contribution in [3.8, 4) is 0 Å². The maximum atomic E-state index is 13.1. The number of aromatic amines is 1. The van der Waals surface area contributed by atoms with Crippen LogP contribution in [0.1, 0.15) is 43.3 Å². The largest absolute Gasteiger partial charge is 0.466 e. The Kier molecular flexibility index (Phi) is 4.57. The molecule has 138 valence electrons. The average molecular weight is 353 g/mol. The highest BCUT2D eigenvalue weighted by Gasteiger charge is 2.60. The Labute approximate surface area is 154 Å². The van der Waals surface area contributed by atoms with E-state index in [2.05, 4.69) is 27.0 Å². The zero-order valence-corrected chi connectivity index (χ0v) is 15.6. The number of nitrogens with zero attached hydrogens (tertiary/aromatic N) is 2. The monoisotopic (exact) mass is 353 g/mol. The lowest BCUT2D eigenvalue weighted by Gasteiger charge is -2.35. The molecule has 0 radical (unpaired) electrons. The summed E-state index contributed by atoms with van der Waals surface area (Å²) in [4.78, 5) is 23.4. The Balaban J connectivity index is 1.63. The Morgan fingerprint density at radius 3 is 2.85 bits per heavy atom. The number of nitrogens with one attached hydrogen (secondary N) is 1. The second kappa shape index (κ2) is 6.88. The number of imidazole rings is 1. The Morgan fingerprint density at radius 2 is 2.15 bits per heavy atom. The van der Waals surface area contributed by atoms with Crippen molar-refractivity contribution < 1.29 is 9.53 Å². The van der Waals surface area contributed by atoms with Gasteiger partial charge in [0.1, 0.15) is 5.82 Å². The molecule has 2 aliphatic rings. The number of carbonyl (C=O) groups is 1. The molecular weight excluding hydrogens is 326 g/mol. The summed E-state index contributed by atoms with van der Waals surface area (Å²) in [5, 5.41) is 0. The van der Waals surface area contributed by atoms with Gasteiger partial charge in [0.15, 0.2) is 0 Å². The highest BCUT2D eigenvalue weighted by atomic mass is 16.5. The van der Waals surface area contributed by atoms with Crippen LogP contribution in [0.15, 0.2) is 36.5 Å². The topological polar surface area (TPSA) is 58.2 Å². The summed E-state index contributed by atoms with van der Waals surface area (Å²) < 4.78 is 5.57. The van der Waals surface area contributed by atoms with Gasteiger partial charge in [0.2, 0.25) is 0 Å². The first kappa shape index (κ1) is 17.3. The first-order chi connectivity index (χ1) is 12.6. The van der Waals surface area contributed by atoms with Crippen LogP contribution in [0.3, 0.4) is 0 Å². The second-order valence-corrected chi connectivity index (χ2v) is 7.68. The van der Waals surface area contributed by atoms with Crippen molar-refractivity contribution in [2.45, 2.75) is 58.2 Å². The van der Waals surface area contributed by atoms with E-state index in [1.807, 2.05) is 38.2 Å². The molecule has 5 nitrogen and oxygen atoms in total. The van der Waals surface area contributed by atoms with E-state index < -0.39 is 5.41 Å². The number of aromatic nitrogens is 2. The van der Waals surface area contributed by atoms with Crippen molar-refractivity contribution in [2.75, 3.05) is 6.61 Å². The minimum atomic E-state index is -0.443. The predicted molar refractivity (Wildman–Crippen MR) is 99.5 cm³/mol. The van der Waals surface area contributed by atoms with E-state index >= 15 is 0 Å². The van der Waals surface area contributed by atoms with Crippen LogP contribution in [-0.4, -0.2) is 39.5 Å². The van der Waals surface area contributed by atoms with Crippen LogP contribution in [0.2, 0.25) is 0 Å². The minimum absolute atomic E-state index is 0.0309. The highest BCUT2D eigenvalue weighted by molar-refractivity contribution is 5.79. The first-order valence-electron chi connectivity index (χ1n) is 9.60. The minimum Gasteiger partial charge on any atom is -0.466 e. The van der Waals surface area contributed by atoms with Crippen molar-refractivity contribution in [3.05, 3.63) is 53.6 Å². The van der Waals surface area contributed by atoms with Crippen molar-refractivity contribution in [3.63, 3.8) is 0 Å². The fourth-order valence-corrected chi connectivity index (χ4v) is 4.98. The van der Waals surface area contributed by atoms with Crippen molar-refractivity contribution in [1.82, 2.24) is 14.9 Å². The summed E-state index contributed by atoms with van der Waals surface area (Å²) in [7, 11) is 0. The molecule has 0 spiro atoms. The third-order valence-corrected chi connectivity index (χ3v) is 6.01. The Bertz CT molecular complexity index is 773. The van der Waals surface area contributed by atoms with Crippen LogP contribution in [0.25, 0.3) is 0 Å². The molecule has 1 N–H and O–H groups in total. The van der Waals surface area contributed by atoms with Gasteiger partial charge in [0.25, 0.3) is 0 Å². The molecule has 1 aromatic heterocycles. The van der Waals surface area contributed by atoms with E-state index in [0.717, 1.165) is 43.7 Å². The summed E-state index contributed by atoms with van der Waals surface area (Å²) in [6.45, 7) is 5.13. The lowest BCUT2D eigenvalue weighted by atomic mass is 9.70. The molecule has 2 fully saturated rings. The molecule has 0 saturated carbocycles. The van der Waals surface area contributed by atoms with Gasteiger partial charge in [-0.1, -0.05) is 30.3 Å². The fourth-order valence-electron chi connectivity index (χ4n) is 4.98. The summed E-state index contributed by atoms with van der Waals surface area (Å²) >= 11 is 0. The number of benzene rings is 1. The standard InChI is InChI=1S/C21H27N3O2/c1-3-26-20(25)21(11-16-7-5-4-6-8-16)12-17-9-10-18(21)24(17)14-19-22-13-15(2)23-19/h4-8,13,17-18H,3,9-12,14H2,1-2H3,(H,22,23)/t17-,18+,21+/m0/s1. The molecule has 2 bridgehead atoms. The SMILES string of the molecule is CCOC(=O)[C@]1(Cc2ccccc2)C[C@@H]2CC[C@H]1N2Cc1ncc(C)[nH]1. The van der Waals surface area contributed by atoms with E-state index in [0.29, 0.717) is 12.6 Å². The van der Waals surface area contributed by atoms with E-state index in [4.69, 9.17) is 4.74 Å². The molecular formula is C21H27N3O2. The van der Waals surface area contributed by atoms with Gasteiger partial charge in [0, 0.05) is 24.0 Å². The molecule has 2 aliphatic heterocycles. The molecule has 0 aliphatic carbocycles. The zero-order chi connectivity index (χ0) is 18.1. The number of aryl methyl sites for hydroxylation is 1. The molecule has 3 heterocycles. The quantitative estimate of drug-likeness (QED) is 0.810. The third-order valence-electron chi connectivity index (χ3n) is 6.01. The number of esters is 1. The van der Waals surface area contributed by atoms with Gasteiger partial charge in [-0.2, -0.15) is 0 Å². The Morgan fingerprint density at radius 1 is 1.35 bits per heavy atom. The van der Waals surface area contributed by atoms with Gasteiger partial charge in [0.05, 0.1) is 18.6 Å². The van der Waals surface area contributed by atoms with Gasteiger partial charge in [-0.15, -0.1) is 0 Å². The maximum absolute atomic E-state index is 13.1. The van der Waals surface area contributed by atoms with E-state index in [1.54, 1.807) is 0 Å². The van der Waals surface area contributed by atoms with Crippen LogP contribution in [0.5, 0.6) is 0 Å². The summed E-state index contributed by atoms with van der Waals surface area (Å²) in [5.41, 5.74) is 1.84. The molecule has 5 heteroatoms. The summed E-state index contributed by atoms with van der Waals surface area (Å²) in [6.07, 6.45) is 5.71. The summed E-state index contributed by atoms with van der Waals surface area (Å²) in [6, 6.07) is 11.0. The number of rotatable bonds is 6. The Hall–Kier alpha value is -2.14. The molecule has 1 aromatic carbocycles. The van der Waals surface area contributed by atoms with Gasteiger partial charge in [-0.3, -0.25) is 9.69 Å². The van der Waals surface area contributed by atoms with Gasteiger partial charge in [-0.05, 0) is 45.1 Å². The van der Waals surface area contributed by atoms with Crippen LogP contribution in [0.4, 0.5) is 0 Å². The van der Waals surface area contributed by atoms with Crippen molar-refractivity contribution >= 4 is 5.97 Å². The summed E-state index contributed by atoms with van der Waals surface area (Å²) in [5.74, 6) is 0.954. The normalized spacial score (nSPS) is 27.8. The number of hydrogen-bond acceptors (Lipinski definition) is 4. The van der Waals surface area contributed by atoms with Crippen molar-refractivity contribution in [1.29, 1.82) is 0 Å². The predicted octanol–water partition coefficient (Wildman–Crippen LogP) is 3.25. The van der Waals surface area contributed by atoms with Gasteiger partial charge >= 0.3 is 5.97 Å². The lowest BCUT2D eigenvalue weighted by molar-refractivity contribution is -0.157. The number of H-pyrrole nitrogens is 1. The first-order valence-corrected chi connectivity index (χ1v) is 9.60. The van der Waals surface area contributed by atoms with Crippen molar-refractivity contribution in [2.24, 2.45) is 5.41 Å². The maximum Gasteiger partial charge on any atom is 0.314 e. The molecule has 2 saturated heterocycles. The molecule has 26 heavy (non-hydrogen) atoms. The van der Waals surface area contributed by atoms with E-state index in [-0.39, 0.29) is 12.0 Å². The van der Waals surface area contributed by atoms with Gasteiger partial charge in [-0.25, -0.2) is 4.98 Å². The number of hydrogen-bond donors (Lipinski definition) is 1. The molecule has 4 rings (SSSR count). The molecule has 0 unspecified atom stereocenters. The van der Waals surface area contributed by atoms with E-state index in [9.17, 15) is 4.79 Å². The third kappa shape index (κ3) is 2.94. The number of carbonyl (C=O) groups excluding carboxylic acids is 1. The smallest absolute Gasteiger partial charge is 0.314 e. The van der Waals surface area contributed by atoms with Crippen LogP contribution in [0, 0.1) is 12.3 Å². The number of fused-ring (bicyclic) bond motifs is 2. The molecule has 0 amide bonds. The van der Waals surface area contributed by atoms with Gasteiger partial charge < -0.3 is 9.72 Å². The lowest BCUT2D eigenvalue weighted by Crippen LogP contribution is -2.46. The fraction of sp³-hybridized carbons (Fsp3) is 0.524. The molecule has 3 atom stereocenters. The second-order valence-electron chi connectivity index (χ2n) is 7.68. The van der Waals surface area contributed by atoms with Crippen LogP contribution in [-0.2, 0) is 22.5 Å². The van der Waals surface area contributed by atoms with E-state index in [1.165, 1.54) is 5.56 Å². The highest BCUT2D eigenvalue weighted by Crippen LogP contribution is 2.52.